The molecule has 0 unspecified atom stereocenters. The van der Waals surface area contributed by atoms with Gasteiger partial charge in [-0.2, -0.15) is 0 Å². The van der Waals surface area contributed by atoms with Crippen LogP contribution in [0.4, 0.5) is 0 Å². The van der Waals surface area contributed by atoms with E-state index in [0.717, 1.165) is 5.69 Å². The summed E-state index contributed by atoms with van der Waals surface area (Å²) in [7, 11) is 0. The van der Waals surface area contributed by atoms with Gasteiger partial charge in [0.15, 0.2) is 0 Å². The first-order valence-electron chi connectivity index (χ1n) is 4.28. The number of hydrogen-bond acceptors (Lipinski definition) is 4. The Morgan fingerprint density at radius 1 is 1.29 bits per heavy atom. The molecular weight excluding hydrogens is 180 g/mol. The molecule has 72 valence electrons. The minimum atomic E-state index is -0.0811. The molecule has 0 saturated heterocycles. The highest BCUT2D eigenvalue weighted by atomic mass is 16.3. The van der Waals surface area contributed by atoms with Gasteiger partial charge in [0.1, 0.15) is 5.69 Å². The van der Waals surface area contributed by atoms with Crippen LogP contribution in [-0.4, -0.2) is 25.1 Å². The average Bonchev–Trinajstić information content (AvgIpc) is 2.67. The number of nitrogens with zero attached hydrogens (tertiary/aromatic N) is 4. The molecule has 0 atom stereocenters. The van der Waals surface area contributed by atoms with E-state index in [-0.39, 0.29) is 6.61 Å². The Morgan fingerprint density at radius 3 is 2.86 bits per heavy atom. The summed E-state index contributed by atoms with van der Waals surface area (Å²) in [5, 5.41) is 16.4. The molecule has 5 nitrogen and oxygen atoms in total. The molecule has 0 aliphatic heterocycles. The first-order valence-corrected chi connectivity index (χ1v) is 4.28. The van der Waals surface area contributed by atoms with E-state index >= 15 is 0 Å². The Labute approximate surface area is 81.0 Å². The highest BCUT2D eigenvalue weighted by Gasteiger charge is 1.99. The summed E-state index contributed by atoms with van der Waals surface area (Å²) >= 11 is 0. The molecule has 5 heteroatoms. The first kappa shape index (κ1) is 8.83. The predicted molar refractivity (Wildman–Crippen MR) is 49.3 cm³/mol. The maximum absolute atomic E-state index is 8.79. The molecular formula is C9H10N4O. The summed E-state index contributed by atoms with van der Waals surface area (Å²) < 4.78 is 1.65. The Balaban J connectivity index is 2.11. The summed E-state index contributed by atoms with van der Waals surface area (Å²) in [6.07, 6.45) is 3.44. The highest BCUT2D eigenvalue weighted by molar-refractivity contribution is 5.04. The van der Waals surface area contributed by atoms with Crippen LogP contribution in [-0.2, 0) is 13.2 Å². The maximum atomic E-state index is 8.79. The topological polar surface area (TPSA) is 63.8 Å². The lowest BCUT2D eigenvalue weighted by atomic mass is 10.3. The third-order valence-electron chi connectivity index (χ3n) is 1.80. The van der Waals surface area contributed by atoms with Crippen LogP contribution in [0.1, 0.15) is 11.4 Å². The fourth-order valence-corrected chi connectivity index (χ4v) is 1.15. The SMILES string of the molecule is OCc1cn(Cc2ccccn2)nn1. The fraction of sp³-hybridized carbons (Fsp3) is 0.222. The van der Waals surface area contributed by atoms with Gasteiger partial charge in [-0.15, -0.1) is 5.10 Å². The van der Waals surface area contributed by atoms with Crippen LogP contribution < -0.4 is 0 Å². The van der Waals surface area contributed by atoms with Gasteiger partial charge in [-0.25, -0.2) is 4.68 Å². The molecule has 2 aromatic heterocycles. The van der Waals surface area contributed by atoms with Gasteiger partial charge in [-0.05, 0) is 12.1 Å². The van der Waals surface area contributed by atoms with Crippen molar-refractivity contribution in [2.45, 2.75) is 13.2 Å². The number of aliphatic hydroxyl groups excluding tert-OH is 1. The van der Waals surface area contributed by atoms with Crippen molar-refractivity contribution in [3.05, 3.63) is 42.0 Å². The summed E-state index contributed by atoms with van der Waals surface area (Å²) in [5.74, 6) is 0. The van der Waals surface area contributed by atoms with Crippen LogP contribution in [0.25, 0.3) is 0 Å². The predicted octanol–water partition coefficient (Wildman–Crippen LogP) is 0.214. The van der Waals surface area contributed by atoms with E-state index < -0.39 is 0 Å². The van der Waals surface area contributed by atoms with Crippen LogP contribution in [0.2, 0.25) is 0 Å². The third-order valence-corrected chi connectivity index (χ3v) is 1.80. The number of aliphatic hydroxyl groups is 1. The van der Waals surface area contributed by atoms with Crippen molar-refractivity contribution in [1.82, 2.24) is 20.0 Å². The Kier molecular flexibility index (Phi) is 2.51. The van der Waals surface area contributed by atoms with Crippen molar-refractivity contribution in [2.75, 3.05) is 0 Å². The molecule has 0 saturated carbocycles. The molecule has 0 spiro atoms. The third kappa shape index (κ3) is 1.94. The van der Waals surface area contributed by atoms with Gasteiger partial charge in [0, 0.05) is 6.20 Å². The van der Waals surface area contributed by atoms with E-state index in [1.807, 2.05) is 18.2 Å². The minimum Gasteiger partial charge on any atom is -0.390 e. The van der Waals surface area contributed by atoms with E-state index in [4.69, 9.17) is 5.11 Å². The Hall–Kier alpha value is -1.75. The monoisotopic (exact) mass is 190 g/mol. The summed E-state index contributed by atoms with van der Waals surface area (Å²) in [6.45, 7) is 0.496. The molecule has 2 rings (SSSR count). The zero-order valence-corrected chi connectivity index (χ0v) is 7.54. The van der Waals surface area contributed by atoms with E-state index in [2.05, 4.69) is 15.3 Å². The van der Waals surface area contributed by atoms with Gasteiger partial charge >= 0.3 is 0 Å². The molecule has 0 aromatic carbocycles. The summed E-state index contributed by atoms with van der Waals surface area (Å²) in [6, 6.07) is 5.70. The van der Waals surface area contributed by atoms with Crippen molar-refractivity contribution in [1.29, 1.82) is 0 Å². The molecule has 0 aliphatic rings. The largest absolute Gasteiger partial charge is 0.390 e. The maximum Gasteiger partial charge on any atom is 0.108 e. The van der Waals surface area contributed by atoms with E-state index in [0.29, 0.717) is 12.2 Å². The highest BCUT2D eigenvalue weighted by Crippen LogP contribution is 1.98. The van der Waals surface area contributed by atoms with E-state index in [1.165, 1.54) is 0 Å². The van der Waals surface area contributed by atoms with Crippen LogP contribution in [0.15, 0.2) is 30.6 Å². The van der Waals surface area contributed by atoms with Crippen molar-refractivity contribution < 1.29 is 5.11 Å². The summed E-state index contributed by atoms with van der Waals surface area (Å²) in [4.78, 5) is 4.16. The molecule has 2 heterocycles. The Bertz CT molecular complexity index is 398. The lowest BCUT2D eigenvalue weighted by Crippen LogP contribution is -2.01. The summed E-state index contributed by atoms with van der Waals surface area (Å²) in [5.41, 5.74) is 1.49. The van der Waals surface area contributed by atoms with E-state index in [1.54, 1.807) is 17.1 Å². The zero-order valence-electron chi connectivity index (χ0n) is 7.54. The first-order chi connectivity index (χ1) is 6.88. The van der Waals surface area contributed by atoms with Gasteiger partial charge in [0.25, 0.3) is 0 Å². The molecule has 0 amide bonds. The van der Waals surface area contributed by atoms with Crippen LogP contribution in [0, 0.1) is 0 Å². The van der Waals surface area contributed by atoms with Gasteiger partial charge < -0.3 is 5.11 Å². The number of rotatable bonds is 3. The number of hydrogen-bond donors (Lipinski definition) is 1. The second-order valence-electron chi connectivity index (χ2n) is 2.89. The molecule has 0 aliphatic carbocycles. The van der Waals surface area contributed by atoms with Crippen molar-refractivity contribution in [3.63, 3.8) is 0 Å². The molecule has 14 heavy (non-hydrogen) atoms. The van der Waals surface area contributed by atoms with Gasteiger partial charge in [0.05, 0.1) is 25.0 Å². The quantitative estimate of drug-likeness (QED) is 0.751. The minimum absolute atomic E-state index is 0.0811. The number of aromatic nitrogens is 4. The van der Waals surface area contributed by atoms with Crippen LogP contribution >= 0.6 is 0 Å². The Morgan fingerprint density at radius 2 is 2.21 bits per heavy atom. The molecule has 0 radical (unpaired) electrons. The molecule has 0 fully saturated rings. The second kappa shape index (κ2) is 3.97. The van der Waals surface area contributed by atoms with Crippen molar-refractivity contribution in [3.8, 4) is 0 Å². The molecule has 1 N–H and O–H groups in total. The second-order valence-corrected chi connectivity index (χ2v) is 2.89. The zero-order chi connectivity index (χ0) is 9.80. The molecule has 0 bridgehead atoms. The molecule has 2 aromatic rings. The smallest absolute Gasteiger partial charge is 0.108 e. The number of pyridine rings is 1. The fourth-order valence-electron chi connectivity index (χ4n) is 1.15. The van der Waals surface area contributed by atoms with Crippen molar-refractivity contribution >= 4 is 0 Å². The van der Waals surface area contributed by atoms with Crippen LogP contribution in [0.3, 0.4) is 0 Å². The van der Waals surface area contributed by atoms with E-state index in [9.17, 15) is 0 Å². The lowest BCUT2D eigenvalue weighted by Gasteiger charge is -1.97. The van der Waals surface area contributed by atoms with Crippen molar-refractivity contribution in [2.24, 2.45) is 0 Å². The standard InChI is InChI=1S/C9H10N4O/c14-7-9-6-13(12-11-9)5-8-3-1-2-4-10-8/h1-4,6,14H,5,7H2. The van der Waals surface area contributed by atoms with Gasteiger partial charge in [0.2, 0.25) is 0 Å². The lowest BCUT2D eigenvalue weighted by molar-refractivity contribution is 0.276. The van der Waals surface area contributed by atoms with Crippen LogP contribution in [0.5, 0.6) is 0 Å². The average molecular weight is 190 g/mol. The van der Waals surface area contributed by atoms with Gasteiger partial charge in [-0.3, -0.25) is 4.98 Å². The van der Waals surface area contributed by atoms with Gasteiger partial charge in [-0.1, -0.05) is 11.3 Å². The normalized spacial score (nSPS) is 10.4.